The lowest BCUT2D eigenvalue weighted by Crippen LogP contribution is -1.69. The van der Waals surface area contributed by atoms with E-state index in [4.69, 9.17) is 0 Å². The van der Waals surface area contributed by atoms with Crippen LogP contribution < -0.4 is 0 Å². The van der Waals surface area contributed by atoms with E-state index in [1.54, 1.807) is 0 Å². The molecular formula is C11H20. The Balaban J connectivity index is 0. The van der Waals surface area contributed by atoms with Gasteiger partial charge in [0.1, 0.15) is 0 Å². The molecule has 0 rings (SSSR count). The van der Waals surface area contributed by atoms with Gasteiger partial charge in [-0.1, -0.05) is 51.7 Å². The summed E-state index contributed by atoms with van der Waals surface area (Å²) in [6.07, 6.45) is 9.07. The first kappa shape index (κ1) is 12.9. The van der Waals surface area contributed by atoms with Crippen LogP contribution in [0.2, 0.25) is 0 Å². The molecule has 0 spiro atoms. The molecule has 0 aromatic heterocycles. The van der Waals surface area contributed by atoms with Gasteiger partial charge in [0.05, 0.1) is 0 Å². The van der Waals surface area contributed by atoms with Crippen LogP contribution >= 0.6 is 0 Å². The molecule has 0 heteroatoms. The van der Waals surface area contributed by atoms with Gasteiger partial charge in [-0.15, -0.1) is 0 Å². The number of allylic oxidation sites excluding steroid dienone is 5. The second kappa shape index (κ2) is 12.0. The van der Waals surface area contributed by atoms with Crippen LogP contribution in [-0.4, -0.2) is 0 Å². The SMILES string of the molecule is C=C/C(=C\C=C/C)CC.CC. The molecule has 0 unspecified atom stereocenters. The zero-order chi connectivity index (χ0) is 9.11. The molecule has 0 fully saturated rings. The maximum atomic E-state index is 3.68. The first-order valence-corrected chi connectivity index (χ1v) is 4.29. The Hall–Kier alpha value is -0.780. The van der Waals surface area contributed by atoms with Gasteiger partial charge >= 0.3 is 0 Å². The molecule has 0 aliphatic rings. The Morgan fingerprint density at radius 3 is 2.18 bits per heavy atom. The monoisotopic (exact) mass is 152 g/mol. The second-order valence-corrected chi connectivity index (χ2v) is 1.83. The van der Waals surface area contributed by atoms with E-state index in [0.29, 0.717) is 0 Å². The Kier molecular flexibility index (Phi) is 14.0. The van der Waals surface area contributed by atoms with Gasteiger partial charge in [-0.05, 0) is 18.9 Å². The van der Waals surface area contributed by atoms with Crippen LogP contribution in [0, 0.1) is 0 Å². The van der Waals surface area contributed by atoms with Gasteiger partial charge in [0.15, 0.2) is 0 Å². The fourth-order valence-corrected chi connectivity index (χ4v) is 0.550. The van der Waals surface area contributed by atoms with Crippen LogP contribution in [0.25, 0.3) is 0 Å². The van der Waals surface area contributed by atoms with Gasteiger partial charge in [-0.2, -0.15) is 0 Å². The predicted molar refractivity (Wildman–Crippen MR) is 54.7 cm³/mol. The highest BCUT2D eigenvalue weighted by molar-refractivity contribution is 5.21. The summed E-state index contributed by atoms with van der Waals surface area (Å²) < 4.78 is 0. The van der Waals surface area contributed by atoms with Crippen molar-refractivity contribution in [3.8, 4) is 0 Å². The lowest BCUT2D eigenvalue weighted by atomic mass is 10.2. The van der Waals surface area contributed by atoms with E-state index in [1.165, 1.54) is 5.57 Å². The van der Waals surface area contributed by atoms with E-state index in [9.17, 15) is 0 Å². The van der Waals surface area contributed by atoms with Crippen LogP contribution in [0.5, 0.6) is 0 Å². The fraction of sp³-hybridized carbons (Fsp3) is 0.455. The summed E-state index contributed by atoms with van der Waals surface area (Å²) >= 11 is 0. The third kappa shape index (κ3) is 9.22. The summed E-state index contributed by atoms with van der Waals surface area (Å²) in [5.74, 6) is 0. The van der Waals surface area contributed by atoms with E-state index < -0.39 is 0 Å². The summed E-state index contributed by atoms with van der Waals surface area (Å²) in [7, 11) is 0. The van der Waals surface area contributed by atoms with Gasteiger partial charge < -0.3 is 0 Å². The van der Waals surface area contributed by atoms with Gasteiger partial charge in [0, 0.05) is 0 Å². The molecule has 0 aliphatic heterocycles. The Morgan fingerprint density at radius 1 is 1.36 bits per heavy atom. The lowest BCUT2D eigenvalue weighted by molar-refractivity contribution is 1.15. The molecule has 0 heterocycles. The van der Waals surface area contributed by atoms with Gasteiger partial charge in [-0.3, -0.25) is 0 Å². The highest BCUT2D eigenvalue weighted by atomic mass is 13.9. The largest absolute Gasteiger partial charge is 0.0988 e. The zero-order valence-electron chi connectivity index (χ0n) is 8.22. The summed E-state index contributed by atoms with van der Waals surface area (Å²) in [5.41, 5.74) is 1.29. The zero-order valence-corrected chi connectivity index (χ0v) is 8.22. The van der Waals surface area contributed by atoms with Crippen LogP contribution in [0.15, 0.2) is 36.5 Å². The van der Waals surface area contributed by atoms with Crippen LogP contribution in [0.4, 0.5) is 0 Å². The molecular weight excluding hydrogens is 132 g/mol. The van der Waals surface area contributed by atoms with Gasteiger partial charge in [0.2, 0.25) is 0 Å². The Labute approximate surface area is 71.3 Å². The molecule has 0 aromatic rings. The summed E-state index contributed by atoms with van der Waals surface area (Å²) in [6, 6.07) is 0. The molecule has 0 N–H and O–H groups in total. The Bertz CT molecular complexity index is 127. The van der Waals surface area contributed by atoms with Crippen molar-refractivity contribution in [3.05, 3.63) is 36.5 Å². The van der Waals surface area contributed by atoms with Crippen molar-refractivity contribution in [2.75, 3.05) is 0 Å². The predicted octanol–water partition coefficient (Wildman–Crippen LogP) is 4.11. The van der Waals surface area contributed by atoms with E-state index in [-0.39, 0.29) is 0 Å². The third-order valence-electron chi connectivity index (χ3n) is 1.17. The molecule has 0 amide bonds. The average molecular weight is 152 g/mol. The molecule has 0 saturated heterocycles. The van der Waals surface area contributed by atoms with Crippen molar-refractivity contribution in [2.24, 2.45) is 0 Å². The van der Waals surface area contributed by atoms with Gasteiger partial charge in [0.25, 0.3) is 0 Å². The van der Waals surface area contributed by atoms with Crippen molar-refractivity contribution < 1.29 is 0 Å². The maximum Gasteiger partial charge on any atom is -0.0308 e. The van der Waals surface area contributed by atoms with Crippen molar-refractivity contribution >= 4 is 0 Å². The smallest absolute Gasteiger partial charge is 0.0308 e. The van der Waals surface area contributed by atoms with Gasteiger partial charge in [-0.25, -0.2) is 0 Å². The first-order valence-electron chi connectivity index (χ1n) is 4.29. The van der Waals surface area contributed by atoms with Crippen molar-refractivity contribution in [1.29, 1.82) is 0 Å². The maximum absolute atomic E-state index is 3.68. The van der Waals surface area contributed by atoms with Crippen molar-refractivity contribution in [2.45, 2.75) is 34.1 Å². The molecule has 0 aromatic carbocycles. The minimum Gasteiger partial charge on any atom is -0.0988 e. The Morgan fingerprint density at radius 2 is 1.91 bits per heavy atom. The van der Waals surface area contributed by atoms with Crippen LogP contribution in [0.1, 0.15) is 34.1 Å². The van der Waals surface area contributed by atoms with Crippen molar-refractivity contribution in [1.82, 2.24) is 0 Å². The second-order valence-electron chi connectivity index (χ2n) is 1.83. The molecule has 0 nitrogen and oxygen atoms in total. The fourth-order valence-electron chi connectivity index (χ4n) is 0.550. The van der Waals surface area contributed by atoms with E-state index in [2.05, 4.69) is 19.6 Å². The summed E-state index contributed by atoms with van der Waals surface area (Å²) in [4.78, 5) is 0. The first-order chi connectivity index (χ1) is 5.35. The molecule has 0 radical (unpaired) electrons. The van der Waals surface area contributed by atoms with Crippen LogP contribution in [-0.2, 0) is 0 Å². The molecule has 0 aliphatic carbocycles. The number of hydrogen-bond donors (Lipinski definition) is 0. The molecule has 11 heavy (non-hydrogen) atoms. The topological polar surface area (TPSA) is 0 Å². The molecule has 0 atom stereocenters. The molecule has 64 valence electrons. The minimum atomic E-state index is 1.06. The molecule has 0 bridgehead atoms. The summed E-state index contributed by atoms with van der Waals surface area (Å²) in [5, 5.41) is 0. The van der Waals surface area contributed by atoms with Crippen molar-refractivity contribution in [3.63, 3.8) is 0 Å². The highest BCUT2D eigenvalue weighted by Gasteiger charge is 1.79. The van der Waals surface area contributed by atoms with E-state index >= 15 is 0 Å². The van der Waals surface area contributed by atoms with Crippen LogP contribution in [0.3, 0.4) is 0 Å². The quantitative estimate of drug-likeness (QED) is 0.534. The highest BCUT2D eigenvalue weighted by Crippen LogP contribution is 2.00. The standard InChI is InChI=1S/C9H14.C2H6/c1-4-7-8-9(5-2)6-3;1-2/h4-5,7-8H,2,6H2,1,3H3;1-2H3/b7-4-,9-8+;. The van der Waals surface area contributed by atoms with E-state index in [0.717, 1.165) is 6.42 Å². The number of rotatable bonds is 3. The molecule has 0 saturated carbocycles. The minimum absolute atomic E-state index is 1.06. The number of hydrogen-bond acceptors (Lipinski definition) is 0. The average Bonchev–Trinajstić information content (AvgIpc) is 2.10. The summed E-state index contributed by atoms with van der Waals surface area (Å²) in [6.45, 7) is 11.8. The third-order valence-corrected chi connectivity index (χ3v) is 1.17. The lowest BCUT2D eigenvalue weighted by Gasteiger charge is -1.89. The van der Waals surface area contributed by atoms with E-state index in [1.807, 2.05) is 39.0 Å². The normalized spacial score (nSPS) is 10.7.